The zero-order valence-electron chi connectivity index (χ0n) is 19.3. The number of nitrogens with zero attached hydrogens (tertiary/aromatic N) is 3. The smallest absolute Gasteiger partial charge is 0.281 e. The summed E-state index contributed by atoms with van der Waals surface area (Å²) in [6, 6.07) is 11.6. The zero-order chi connectivity index (χ0) is 24.6. The standard InChI is InChI=1S/C24H25N5O4S/c1-14-10-15(2)18(16(3)11-14)13-29-19(12-17-20(33-4)8-9-26-23(17)29)24(30)28-34(31,32)22-7-5-6-21(25)27-22/h5-12H,13H2,1-4H3,(H2,25,27)(H,28,30). The van der Waals surface area contributed by atoms with Crippen LogP contribution in [0.1, 0.15) is 32.7 Å². The van der Waals surface area contributed by atoms with Crippen LogP contribution in [0.25, 0.3) is 11.0 Å². The van der Waals surface area contributed by atoms with Gasteiger partial charge in [0.15, 0.2) is 5.03 Å². The number of nitrogens with one attached hydrogen (secondary N) is 1. The summed E-state index contributed by atoms with van der Waals surface area (Å²) < 4.78 is 34.9. The lowest BCUT2D eigenvalue weighted by atomic mass is 10.00. The lowest BCUT2D eigenvalue weighted by Crippen LogP contribution is -2.33. The normalized spacial score (nSPS) is 11.5. The molecule has 1 amide bonds. The average molecular weight is 480 g/mol. The van der Waals surface area contributed by atoms with Crippen LogP contribution in [0.15, 0.2) is 53.7 Å². The van der Waals surface area contributed by atoms with Crippen LogP contribution >= 0.6 is 0 Å². The molecule has 0 bridgehead atoms. The molecule has 0 aliphatic carbocycles. The molecule has 0 radical (unpaired) electrons. The molecule has 3 aromatic heterocycles. The Morgan fingerprint density at radius 2 is 1.82 bits per heavy atom. The maximum absolute atomic E-state index is 13.3. The summed E-state index contributed by atoms with van der Waals surface area (Å²) in [5, 5.41) is 0.251. The van der Waals surface area contributed by atoms with Crippen molar-refractivity contribution >= 4 is 32.8 Å². The number of anilines is 1. The number of aromatic nitrogens is 3. The van der Waals surface area contributed by atoms with Crippen LogP contribution in [0.5, 0.6) is 5.75 Å². The lowest BCUT2D eigenvalue weighted by molar-refractivity contribution is 0.0973. The molecule has 0 fully saturated rings. The SMILES string of the molecule is COc1ccnc2c1cc(C(=O)NS(=O)(=O)c1cccc(N)n1)n2Cc1c(C)cc(C)cc1C. The van der Waals surface area contributed by atoms with E-state index in [2.05, 4.69) is 26.8 Å². The van der Waals surface area contributed by atoms with Gasteiger partial charge in [-0.25, -0.2) is 14.7 Å². The molecule has 4 rings (SSSR count). The van der Waals surface area contributed by atoms with Crippen LogP contribution in [-0.2, 0) is 16.6 Å². The summed E-state index contributed by atoms with van der Waals surface area (Å²) in [4.78, 5) is 21.6. The molecule has 0 aliphatic heterocycles. The van der Waals surface area contributed by atoms with Crippen molar-refractivity contribution in [3.8, 4) is 5.75 Å². The minimum Gasteiger partial charge on any atom is -0.496 e. The van der Waals surface area contributed by atoms with Crippen LogP contribution in [0.2, 0.25) is 0 Å². The first-order chi connectivity index (χ1) is 16.1. The Bertz CT molecular complexity index is 1500. The van der Waals surface area contributed by atoms with Gasteiger partial charge in [0.25, 0.3) is 15.9 Å². The Kier molecular flexibility index (Phi) is 6.01. The Morgan fingerprint density at radius 3 is 2.47 bits per heavy atom. The second-order valence-corrected chi connectivity index (χ2v) is 9.71. The summed E-state index contributed by atoms with van der Waals surface area (Å²) in [5.41, 5.74) is 10.5. The van der Waals surface area contributed by atoms with Gasteiger partial charge in [-0.05, 0) is 61.7 Å². The molecule has 176 valence electrons. The van der Waals surface area contributed by atoms with Crippen molar-refractivity contribution in [3.05, 3.63) is 76.6 Å². The number of hydrogen-bond donors (Lipinski definition) is 2. The van der Waals surface area contributed by atoms with E-state index in [-0.39, 0.29) is 16.5 Å². The highest BCUT2D eigenvalue weighted by molar-refractivity contribution is 7.90. The monoisotopic (exact) mass is 479 g/mol. The van der Waals surface area contributed by atoms with Crippen molar-refractivity contribution in [1.29, 1.82) is 0 Å². The van der Waals surface area contributed by atoms with Crippen LogP contribution in [-0.4, -0.2) is 36.0 Å². The molecule has 0 saturated carbocycles. The van der Waals surface area contributed by atoms with Crippen LogP contribution in [0.4, 0.5) is 5.82 Å². The minimum absolute atomic E-state index is 0.0312. The molecule has 1 aromatic carbocycles. The third kappa shape index (κ3) is 4.32. The fourth-order valence-electron chi connectivity index (χ4n) is 4.08. The van der Waals surface area contributed by atoms with E-state index < -0.39 is 15.9 Å². The van der Waals surface area contributed by atoms with E-state index >= 15 is 0 Å². The summed E-state index contributed by atoms with van der Waals surface area (Å²) in [6.45, 7) is 6.35. The van der Waals surface area contributed by atoms with Crippen molar-refractivity contribution in [2.24, 2.45) is 0 Å². The van der Waals surface area contributed by atoms with Gasteiger partial charge in [-0.15, -0.1) is 0 Å². The van der Waals surface area contributed by atoms with Gasteiger partial charge in [0, 0.05) is 6.20 Å². The topological polar surface area (TPSA) is 129 Å². The highest BCUT2D eigenvalue weighted by atomic mass is 32.2. The minimum atomic E-state index is -4.25. The fraction of sp³-hybridized carbons (Fsp3) is 0.208. The maximum atomic E-state index is 13.3. The van der Waals surface area contributed by atoms with Crippen LogP contribution in [0.3, 0.4) is 0 Å². The van der Waals surface area contributed by atoms with E-state index in [1.807, 2.05) is 20.8 Å². The number of carbonyl (C=O) groups is 1. The first-order valence-electron chi connectivity index (χ1n) is 10.5. The third-order valence-electron chi connectivity index (χ3n) is 5.61. The molecule has 34 heavy (non-hydrogen) atoms. The number of ether oxygens (including phenoxy) is 1. The number of sulfonamides is 1. The fourth-order valence-corrected chi connectivity index (χ4v) is 5.01. The molecule has 10 heteroatoms. The average Bonchev–Trinajstić information content (AvgIpc) is 3.14. The number of fused-ring (bicyclic) bond motifs is 1. The molecular formula is C24H25N5O4S. The number of amides is 1. The molecule has 0 spiro atoms. The number of methoxy groups -OCH3 is 1. The van der Waals surface area contributed by atoms with Gasteiger partial charge in [0.05, 0.1) is 19.0 Å². The molecule has 0 atom stereocenters. The predicted octanol–water partition coefficient (Wildman–Crippen LogP) is 3.11. The van der Waals surface area contributed by atoms with Gasteiger partial charge >= 0.3 is 0 Å². The highest BCUT2D eigenvalue weighted by Gasteiger charge is 2.25. The predicted molar refractivity (Wildman–Crippen MR) is 129 cm³/mol. The third-order valence-corrected chi connectivity index (χ3v) is 6.85. The van der Waals surface area contributed by atoms with Gasteiger partial charge in [-0.3, -0.25) is 4.79 Å². The number of hydrogen-bond acceptors (Lipinski definition) is 7. The number of nitrogen functional groups attached to an aromatic ring is 1. The summed E-state index contributed by atoms with van der Waals surface area (Å²) in [6.07, 6.45) is 1.58. The van der Waals surface area contributed by atoms with E-state index in [9.17, 15) is 13.2 Å². The first-order valence-corrected chi connectivity index (χ1v) is 12.0. The van der Waals surface area contributed by atoms with E-state index in [0.717, 1.165) is 22.3 Å². The quantitative estimate of drug-likeness (QED) is 0.435. The Balaban J connectivity index is 1.83. The maximum Gasteiger partial charge on any atom is 0.281 e. The van der Waals surface area contributed by atoms with Crippen molar-refractivity contribution in [3.63, 3.8) is 0 Å². The summed E-state index contributed by atoms with van der Waals surface area (Å²) in [7, 11) is -2.73. The number of rotatable bonds is 6. The Morgan fingerprint density at radius 1 is 1.12 bits per heavy atom. The number of nitrogens with two attached hydrogens (primary N) is 1. The van der Waals surface area contributed by atoms with Crippen molar-refractivity contribution in [1.82, 2.24) is 19.3 Å². The van der Waals surface area contributed by atoms with Gasteiger partial charge in [-0.1, -0.05) is 23.8 Å². The molecule has 0 saturated heterocycles. The van der Waals surface area contributed by atoms with Crippen molar-refractivity contribution < 1.29 is 17.9 Å². The number of carbonyl (C=O) groups excluding carboxylic acids is 1. The van der Waals surface area contributed by atoms with E-state index in [1.54, 1.807) is 22.9 Å². The van der Waals surface area contributed by atoms with Crippen molar-refractivity contribution in [2.75, 3.05) is 12.8 Å². The van der Waals surface area contributed by atoms with Gasteiger partial charge in [0.2, 0.25) is 0 Å². The molecule has 0 aliphatic rings. The Hall–Kier alpha value is -3.92. The number of pyridine rings is 2. The molecular weight excluding hydrogens is 454 g/mol. The lowest BCUT2D eigenvalue weighted by Gasteiger charge is -2.15. The Labute approximate surface area is 197 Å². The summed E-state index contributed by atoms with van der Waals surface area (Å²) >= 11 is 0. The highest BCUT2D eigenvalue weighted by Crippen LogP contribution is 2.29. The van der Waals surface area contributed by atoms with E-state index in [1.165, 1.54) is 25.3 Å². The molecule has 0 unspecified atom stereocenters. The number of benzene rings is 1. The molecule has 4 aromatic rings. The number of aryl methyl sites for hydroxylation is 3. The van der Waals surface area contributed by atoms with Crippen LogP contribution < -0.4 is 15.2 Å². The second-order valence-electron chi connectivity index (χ2n) is 8.08. The molecule has 9 nitrogen and oxygen atoms in total. The second kappa shape index (κ2) is 8.79. The molecule has 3 heterocycles. The molecule has 3 N–H and O–H groups in total. The van der Waals surface area contributed by atoms with Crippen LogP contribution in [0, 0.1) is 20.8 Å². The first kappa shape index (κ1) is 23.2. The van der Waals surface area contributed by atoms with Gasteiger partial charge < -0.3 is 15.0 Å². The summed E-state index contributed by atoms with van der Waals surface area (Å²) in [5.74, 6) is -0.258. The van der Waals surface area contributed by atoms with E-state index in [4.69, 9.17) is 10.5 Å². The zero-order valence-corrected chi connectivity index (χ0v) is 20.1. The van der Waals surface area contributed by atoms with Gasteiger partial charge in [-0.2, -0.15) is 8.42 Å². The van der Waals surface area contributed by atoms with Gasteiger partial charge in [0.1, 0.15) is 22.9 Å². The van der Waals surface area contributed by atoms with Crippen molar-refractivity contribution in [2.45, 2.75) is 32.3 Å². The van der Waals surface area contributed by atoms with E-state index in [0.29, 0.717) is 23.3 Å². The largest absolute Gasteiger partial charge is 0.496 e.